The van der Waals surface area contributed by atoms with Crippen LogP contribution in [0.15, 0.2) is 54.6 Å². The highest BCUT2D eigenvalue weighted by atomic mass is 32.2. The van der Waals surface area contributed by atoms with Gasteiger partial charge >= 0.3 is 10.1 Å². The number of hydrogen-bond acceptors (Lipinski definition) is 5. The van der Waals surface area contributed by atoms with Crippen LogP contribution in [0, 0.1) is 6.92 Å². The first-order valence-electron chi connectivity index (χ1n) is 9.48. The summed E-state index contributed by atoms with van der Waals surface area (Å²) < 4.78 is 29.5. The highest BCUT2D eigenvalue weighted by molar-refractivity contribution is 7.87. The lowest BCUT2D eigenvalue weighted by Crippen LogP contribution is -2.36. The fourth-order valence-corrected chi connectivity index (χ4v) is 4.23. The van der Waals surface area contributed by atoms with Crippen molar-refractivity contribution in [2.24, 2.45) is 0 Å². The second-order valence-electron chi connectivity index (χ2n) is 7.02. The standard InChI is InChI=1S/C21H26N2O4S/c1-18-7-5-8-19(17-18)21(24)23-12-6-11-22(13-14-23)15-16-28(25,26)27-20-9-3-2-4-10-20/h2-5,7-10,17H,6,11-16H2,1H3. The number of nitrogens with zero attached hydrogens (tertiary/aromatic N) is 2. The lowest BCUT2D eigenvalue weighted by molar-refractivity contribution is 0.0761. The molecule has 1 fully saturated rings. The summed E-state index contributed by atoms with van der Waals surface area (Å²) in [6, 6.07) is 16.1. The molecule has 28 heavy (non-hydrogen) atoms. The molecule has 0 unspecified atom stereocenters. The van der Waals surface area contributed by atoms with Gasteiger partial charge in [-0.25, -0.2) is 0 Å². The maximum absolute atomic E-state index is 12.7. The van der Waals surface area contributed by atoms with Gasteiger partial charge in [-0.05, 0) is 44.2 Å². The maximum Gasteiger partial charge on any atom is 0.310 e. The number of hydrogen-bond donors (Lipinski definition) is 0. The van der Waals surface area contributed by atoms with Gasteiger partial charge in [-0.3, -0.25) is 4.79 Å². The molecule has 7 heteroatoms. The van der Waals surface area contributed by atoms with Crippen LogP contribution >= 0.6 is 0 Å². The topological polar surface area (TPSA) is 66.9 Å². The van der Waals surface area contributed by atoms with Gasteiger partial charge < -0.3 is 14.0 Å². The van der Waals surface area contributed by atoms with Crippen molar-refractivity contribution in [1.29, 1.82) is 0 Å². The maximum atomic E-state index is 12.7. The van der Waals surface area contributed by atoms with Crippen LogP contribution in [-0.2, 0) is 10.1 Å². The largest absolute Gasteiger partial charge is 0.382 e. The highest BCUT2D eigenvalue weighted by Crippen LogP contribution is 2.13. The van der Waals surface area contributed by atoms with Gasteiger partial charge in [0.2, 0.25) is 0 Å². The van der Waals surface area contributed by atoms with Crippen molar-refractivity contribution >= 4 is 16.0 Å². The summed E-state index contributed by atoms with van der Waals surface area (Å²) in [5.41, 5.74) is 1.76. The molecule has 2 aromatic carbocycles. The van der Waals surface area contributed by atoms with Gasteiger partial charge in [0.05, 0.1) is 5.75 Å². The van der Waals surface area contributed by atoms with Gasteiger partial charge in [-0.15, -0.1) is 0 Å². The summed E-state index contributed by atoms with van der Waals surface area (Å²) in [7, 11) is -3.65. The predicted octanol–water partition coefficient (Wildman–Crippen LogP) is 2.55. The molecule has 1 aliphatic heterocycles. The lowest BCUT2D eigenvalue weighted by atomic mass is 10.1. The first-order valence-corrected chi connectivity index (χ1v) is 11.1. The van der Waals surface area contributed by atoms with E-state index in [1.807, 2.05) is 36.1 Å². The minimum Gasteiger partial charge on any atom is -0.382 e. The number of amides is 1. The van der Waals surface area contributed by atoms with E-state index in [0.717, 1.165) is 18.5 Å². The molecule has 0 radical (unpaired) electrons. The molecule has 6 nitrogen and oxygen atoms in total. The Balaban J connectivity index is 1.52. The van der Waals surface area contributed by atoms with E-state index >= 15 is 0 Å². The van der Waals surface area contributed by atoms with Crippen molar-refractivity contribution in [2.45, 2.75) is 13.3 Å². The van der Waals surface area contributed by atoms with Gasteiger partial charge in [0.25, 0.3) is 5.91 Å². The molecule has 0 saturated carbocycles. The zero-order chi connectivity index (χ0) is 20.0. The van der Waals surface area contributed by atoms with Crippen LogP contribution in [0.5, 0.6) is 5.75 Å². The summed E-state index contributed by atoms with van der Waals surface area (Å²) in [5.74, 6) is 0.284. The Hall–Kier alpha value is -2.38. The van der Waals surface area contributed by atoms with Crippen molar-refractivity contribution in [1.82, 2.24) is 9.80 Å². The van der Waals surface area contributed by atoms with Crippen molar-refractivity contribution in [3.05, 3.63) is 65.7 Å². The van der Waals surface area contributed by atoms with E-state index in [9.17, 15) is 13.2 Å². The van der Waals surface area contributed by atoms with Crippen LogP contribution in [0.4, 0.5) is 0 Å². The molecule has 0 spiro atoms. The third-order valence-corrected chi connectivity index (χ3v) is 5.89. The van der Waals surface area contributed by atoms with E-state index in [-0.39, 0.29) is 11.7 Å². The molecular formula is C21H26N2O4S. The number of rotatable bonds is 6. The van der Waals surface area contributed by atoms with E-state index in [0.29, 0.717) is 37.5 Å². The van der Waals surface area contributed by atoms with Gasteiger partial charge in [0, 0.05) is 31.7 Å². The molecule has 1 amide bonds. The van der Waals surface area contributed by atoms with Crippen LogP contribution in [0.25, 0.3) is 0 Å². The fraction of sp³-hybridized carbons (Fsp3) is 0.381. The normalized spacial score (nSPS) is 15.8. The van der Waals surface area contributed by atoms with Crippen LogP contribution < -0.4 is 4.18 Å². The Morgan fingerprint density at radius 3 is 2.54 bits per heavy atom. The van der Waals surface area contributed by atoms with E-state index in [1.54, 1.807) is 30.3 Å². The van der Waals surface area contributed by atoms with E-state index in [4.69, 9.17) is 4.18 Å². The fourth-order valence-electron chi connectivity index (χ4n) is 3.26. The quantitative estimate of drug-likeness (QED) is 0.695. The molecule has 2 aromatic rings. The Labute approximate surface area is 166 Å². The molecule has 1 heterocycles. The van der Waals surface area contributed by atoms with Crippen LogP contribution in [0.3, 0.4) is 0 Å². The average molecular weight is 403 g/mol. The minimum absolute atomic E-state index is 0.0329. The zero-order valence-electron chi connectivity index (χ0n) is 16.1. The van der Waals surface area contributed by atoms with E-state index < -0.39 is 10.1 Å². The second-order valence-corrected chi connectivity index (χ2v) is 8.71. The number of para-hydroxylation sites is 1. The number of aryl methyl sites for hydroxylation is 1. The number of benzene rings is 2. The van der Waals surface area contributed by atoms with Crippen LogP contribution in [0.2, 0.25) is 0 Å². The van der Waals surface area contributed by atoms with Gasteiger partial charge in [0.15, 0.2) is 0 Å². The van der Waals surface area contributed by atoms with Crippen molar-refractivity contribution in [3.8, 4) is 5.75 Å². The van der Waals surface area contributed by atoms with Gasteiger partial charge in [0.1, 0.15) is 5.75 Å². The second kappa shape index (κ2) is 9.21. The highest BCUT2D eigenvalue weighted by Gasteiger charge is 2.22. The summed E-state index contributed by atoms with van der Waals surface area (Å²) in [5, 5.41) is 0. The van der Waals surface area contributed by atoms with Crippen molar-refractivity contribution < 1.29 is 17.4 Å². The Bertz CT molecular complexity index is 900. The first-order chi connectivity index (χ1) is 13.4. The average Bonchev–Trinajstić information content (AvgIpc) is 2.92. The summed E-state index contributed by atoms with van der Waals surface area (Å²) >= 11 is 0. The van der Waals surface area contributed by atoms with Crippen molar-refractivity contribution in [2.75, 3.05) is 38.5 Å². The molecule has 3 rings (SSSR count). The van der Waals surface area contributed by atoms with Crippen LogP contribution in [-0.4, -0.2) is 62.6 Å². The monoisotopic (exact) mass is 402 g/mol. The SMILES string of the molecule is Cc1cccc(C(=O)N2CCCN(CCS(=O)(=O)Oc3ccccc3)CC2)c1. The molecule has 1 saturated heterocycles. The summed E-state index contributed by atoms with van der Waals surface area (Å²) in [6.07, 6.45) is 0.817. The molecule has 0 bridgehead atoms. The van der Waals surface area contributed by atoms with E-state index in [2.05, 4.69) is 4.90 Å². The number of carbonyl (C=O) groups excluding carboxylic acids is 1. The Kier molecular flexibility index (Phi) is 6.70. The molecule has 1 aliphatic rings. The summed E-state index contributed by atoms with van der Waals surface area (Å²) in [4.78, 5) is 16.7. The van der Waals surface area contributed by atoms with Gasteiger partial charge in [-0.1, -0.05) is 35.9 Å². The molecular weight excluding hydrogens is 376 g/mol. The predicted molar refractivity (Wildman–Crippen MR) is 109 cm³/mol. The van der Waals surface area contributed by atoms with E-state index in [1.165, 1.54) is 0 Å². The molecule has 0 N–H and O–H groups in total. The third-order valence-electron chi connectivity index (χ3n) is 4.76. The molecule has 0 aliphatic carbocycles. The van der Waals surface area contributed by atoms with Crippen LogP contribution in [0.1, 0.15) is 22.3 Å². The summed E-state index contributed by atoms with van der Waals surface area (Å²) in [6.45, 7) is 5.04. The minimum atomic E-state index is -3.65. The Morgan fingerprint density at radius 1 is 1.00 bits per heavy atom. The Morgan fingerprint density at radius 2 is 1.79 bits per heavy atom. The lowest BCUT2D eigenvalue weighted by Gasteiger charge is -2.22. The molecule has 150 valence electrons. The van der Waals surface area contributed by atoms with Crippen molar-refractivity contribution in [3.63, 3.8) is 0 Å². The van der Waals surface area contributed by atoms with Gasteiger partial charge in [-0.2, -0.15) is 8.42 Å². The first kappa shape index (κ1) is 20.4. The molecule has 0 aromatic heterocycles. The smallest absolute Gasteiger partial charge is 0.310 e. The molecule has 0 atom stereocenters. The zero-order valence-corrected chi connectivity index (χ0v) is 16.9. The number of carbonyl (C=O) groups is 1. The third kappa shape index (κ3) is 5.81.